The lowest BCUT2D eigenvalue weighted by molar-refractivity contribution is -0.116. The second kappa shape index (κ2) is 9.21. The molecule has 154 valence electrons. The number of nitrogens with one attached hydrogen (secondary N) is 3. The number of aromatic nitrogens is 3. The van der Waals surface area contributed by atoms with Crippen LogP contribution in [0.15, 0.2) is 65.9 Å². The van der Waals surface area contributed by atoms with E-state index >= 15 is 0 Å². The average molecular weight is 403 g/mol. The molecule has 2 aromatic carbocycles. The number of aliphatic imine (C=N–C) groups is 1. The second-order valence-electron chi connectivity index (χ2n) is 7.07. The fourth-order valence-corrected chi connectivity index (χ4v) is 3.57. The smallest absolute Gasteiger partial charge is 0.225 e. The van der Waals surface area contributed by atoms with Gasteiger partial charge in [0.15, 0.2) is 11.8 Å². The number of guanidine groups is 1. The molecular formula is C22H25N7O. The van der Waals surface area contributed by atoms with Crippen molar-refractivity contribution in [3.05, 3.63) is 72.3 Å². The Labute approximate surface area is 175 Å². The Balaban J connectivity index is 1.46. The van der Waals surface area contributed by atoms with Crippen molar-refractivity contribution in [1.82, 2.24) is 25.4 Å². The van der Waals surface area contributed by atoms with Gasteiger partial charge in [-0.25, -0.2) is 4.99 Å². The van der Waals surface area contributed by atoms with E-state index in [1.165, 1.54) is 0 Å². The third-order valence-electron chi connectivity index (χ3n) is 5.00. The first kappa shape index (κ1) is 19.6. The van der Waals surface area contributed by atoms with Gasteiger partial charge in [0, 0.05) is 36.8 Å². The van der Waals surface area contributed by atoms with Gasteiger partial charge >= 0.3 is 0 Å². The number of carbonyl (C=O) groups is 1. The normalized spacial score (nSPS) is 16.0. The van der Waals surface area contributed by atoms with Gasteiger partial charge in [-0.2, -0.15) is 0 Å². The minimum Gasteiger partial charge on any atom is -0.357 e. The minimum atomic E-state index is 0.0402. The predicted octanol–water partition coefficient (Wildman–Crippen LogP) is 2.45. The molecule has 1 aliphatic heterocycles. The van der Waals surface area contributed by atoms with Crippen LogP contribution in [0.3, 0.4) is 0 Å². The summed E-state index contributed by atoms with van der Waals surface area (Å²) >= 11 is 0. The van der Waals surface area contributed by atoms with Crippen molar-refractivity contribution in [3.8, 4) is 5.69 Å². The van der Waals surface area contributed by atoms with Gasteiger partial charge in [0.1, 0.15) is 12.9 Å². The molecule has 0 radical (unpaired) electrons. The Kier molecular flexibility index (Phi) is 6.03. The van der Waals surface area contributed by atoms with Gasteiger partial charge in [0.25, 0.3) is 0 Å². The molecule has 3 aromatic rings. The van der Waals surface area contributed by atoms with E-state index in [0.29, 0.717) is 25.5 Å². The maximum atomic E-state index is 12.1. The number of hydrogen-bond donors (Lipinski definition) is 3. The highest BCUT2D eigenvalue weighted by atomic mass is 16.1. The fourth-order valence-electron chi connectivity index (χ4n) is 3.57. The van der Waals surface area contributed by atoms with Crippen molar-refractivity contribution >= 4 is 17.6 Å². The van der Waals surface area contributed by atoms with E-state index in [0.717, 1.165) is 29.3 Å². The van der Waals surface area contributed by atoms with Crippen molar-refractivity contribution in [2.75, 3.05) is 18.4 Å². The highest BCUT2D eigenvalue weighted by Gasteiger charge is 2.24. The molecule has 30 heavy (non-hydrogen) atoms. The van der Waals surface area contributed by atoms with Crippen LogP contribution in [0.2, 0.25) is 0 Å². The Morgan fingerprint density at radius 3 is 2.80 bits per heavy atom. The zero-order valence-electron chi connectivity index (χ0n) is 16.9. The number of benzene rings is 2. The van der Waals surface area contributed by atoms with Crippen LogP contribution in [0, 0.1) is 0 Å². The summed E-state index contributed by atoms with van der Waals surface area (Å²) in [6.45, 7) is 3.75. The molecule has 0 saturated heterocycles. The molecule has 1 unspecified atom stereocenters. The third-order valence-corrected chi connectivity index (χ3v) is 5.00. The van der Waals surface area contributed by atoms with Crippen LogP contribution >= 0.6 is 0 Å². The van der Waals surface area contributed by atoms with E-state index < -0.39 is 0 Å². The molecule has 0 spiro atoms. The second-order valence-corrected chi connectivity index (χ2v) is 7.07. The molecule has 8 nitrogen and oxygen atoms in total. The van der Waals surface area contributed by atoms with Gasteiger partial charge in [0.05, 0.1) is 0 Å². The summed E-state index contributed by atoms with van der Waals surface area (Å²) < 4.78 is 1.93. The van der Waals surface area contributed by atoms with E-state index in [1.807, 2.05) is 60.0 Å². The van der Waals surface area contributed by atoms with Crippen LogP contribution in [-0.4, -0.2) is 39.7 Å². The van der Waals surface area contributed by atoms with Gasteiger partial charge in [-0.3, -0.25) is 9.36 Å². The molecule has 3 N–H and O–H groups in total. The number of nitrogens with zero attached hydrogens (tertiary/aromatic N) is 4. The summed E-state index contributed by atoms with van der Waals surface area (Å²) in [4.78, 5) is 16.7. The summed E-state index contributed by atoms with van der Waals surface area (Å²) in [5.41, 5.74) is 3.03. The van der Waals surface area contributed by atoms with Crippen molar-refractivity contribution in [2.24, 2.45) is 4.99 Å². The summed E-state index contributed by atoms with van der Waals surface area (Å²) in [7, 11) is 0. The van der Waals surface area contributed by atoms with Crippen molar-refractivity contribution in [2.45, 2.75) is 25.8 Å². The molecule has 1 amide bonds. The van der Waals surface area contributed by atoms with Crippen LogP contribution in [0.25, 0.3) is 5.69 Å². The van der Waals surface area contributed by atoms with Crippen molar-refractivity contribution < 1.29 is 4.79 Å². The maximum Gasteiger partial charge on any atom is 0.225 e. The lowest BCUT2D eigenvalue weighted by atomic mass is 9.90. The molecule has 4 rings (SSSR count). The Morgan fingerprint density at radius 2 is 1.97 bits per heavy atom. The number of rotatable bonds is 6. The standard InChI is InChI=1S/C22H25N7O/c1-2-23-22(24-13-16-12-21(30)27-19-11-7-6-10-18(16)19)25-14-20-28-26-15-29(20)17-8-4-3-5-9-17/h3-11,15-16H,2,12-14H2,1H3,(H,27,30)(H2,23,24,25). The van der Waals surface area contributed by atoms with E-state index in [1.54, 1.807) is 6.33 Å². The molecule has 0 saturated carbocycles. The number of hydrogen-bond acceptors (Lipinski definition) is 4. The number of amides is 1. The van der Waals surface area contributed by atoms with Gasteiger partial charge in [-0.05, 0) is 30.7 Å². The molecule has 1 atom stereocenters. The number of fused-ring (bicyclic) bond motifs is 1. The monoisotopic (exact) mass is 403 g/mol. The molecular weight excluding hydrogens is 378 g/mol. The lowest BCUT2D eigenvalue weighted by Gasteiger charge is -2.26. The molecule has 0 bridgehead atoms. The lowest BCUT2D eigenvalue weighted by Crippen LogP contribution is -2.40. The van der Waals surface area contributed by atoms with Crippen LogP contribution in [0.4, 0.5) is 5.69 Å². The Morgan fingerprint density at radius 1 is 1.17 bits per heavy atom. The molecule has 0 aliphatic carbocycles. The zero-order chi connectivity index (χ0) is 20.8. The highest BCUT2D eigenvalue weighted by molar-refractivity contribution is 5.94. The summed E-state index contributed by atoms with van der Waals surface area (Å²) in [6, 6.07) is 17.9. The summed E-state index contributed by atoms with van der Waals surface area (Å²) in [6.07, 6.45) is 2.14. The SMILES string of the molecule is CCNC(=NCc1nncn1-c1ccccc1)NCC1CC(=O)Nc2ccccc21. The number of carbonyl (C=O) groups excluding carboxylic acids is 1. The predicted molar refractivity (Wildman–Crippen MR) is 117 cm³/mol. The van der Waals surface area contributed by atoms with Gasteiger partial charge < -0.3 is 16.0 Å². The fraction of sp³-hybridized carbons (Fsp3) is 0.273. The van der Waals surface area contributed by atoms with Crippen LogP contribution < -0.4 is 16.0 Å². The Bertz CT molecular complexity index is 1030. The molecule has 2 heterocycles. The van der Waals surface area contributed by atoms with E-state index in [-0.39, 0.29) is 11.8 Å². The maximum absolute atomic E-state index is 12.1. The molecule has 1 aromatic heterocycles. The Hall–Kier alpha value is -3.68. The van der Waals surface area contributed by atoms with Crippen LogP contribution in [-0.2, 0) is 11.3 Å². The molecule has 8 heteroatoms. The van der Waals surface area contributed by atoms with E-state index in [4.69, 9.17) is 0 Å². The van der Waals surface area contributed by atoms with Crippen molar-refractivity contribution in [3.63, 3.8) is 0 Å². The topological polar surface area (TPSA) is 96.2 Å². The zero-order valence-corrected chi connectivity index (χ0v) is 16.9. The quantitative estimate of drug-likeness (QED) is 0.434. The number of anilines is 1. The summed E-state index contributed by atoms with van der Waals surface area (Å²) in [5.74, 6) is 1.56. The first-order valence-corrected chi connectivity index (χ1v) is 10.1. The van der Waals surface area contributed by atoms with E-state index in [2.05, 4.69) is 37.2 Å². The summed E-state index contributed by atoms with van der Waals surface area (Å²) in [5, 5.41) is 17.8. The highest BCUT2D eigenvalue weighted by Crippen LogP contribution is 2.31. The van der Waals surface area contributed by atoms with Crippen LogP contribution in [0.5, 0.6) is 0 Å². The molecule has 0 fully saturated rings. The third kappa shape index (κ3) is 4.48. The van der Waals surface area contributed by atoms with Gasteiger partial charge in [-0.1, -0.05) is 36.4 Å². The van der Waals surface area contributed by atoms with Crippen molar-refractivity contribution in [1.29, 1.82) is 0 Å². The average Bonchev–Trinajstić information content (AvgIpc) is 3.24. The first-order chi connectivity index (χ1) is 14.7. The first-order valence-electron chi connectivity index (χ1n) is 10.1. The van der Waals surface area contributed by atoms with Gasteiger partial charge in [0.2, 0.25) is 5.91 Å². The minimum absolute atomic E-state index is 0.0402. The van der Waals surface area contributed by atoms with Gasteiger partial charge in [-0.15, -0.1) is 10.2 Å². The van der Waals surface area contributed by atoms with E-state index in [9.17, 15) is 4.79 Å². The van der Waals surface area contributed by atoms with Crippen LogP contribution in [0.1, 0.15) is 30.7 Å². The number of para-hydroxylation sites is 2. The molecule has 1 aliphatic rings. The largest absolute Gasteiger partial charge is 0.357 e.